The van der Waals surface area contributed by atoms with Crippen LogP contribution in [0.3, 0.4) is 0 Å². The Labute approximate surface area is 154 Å². The Balaban J connectivity index is 1.89. The summed E-state index contributed by atoms with van der Waals surface area (Å²) in [4.78, 5) is 23.7. The number of anilines is 1. The van der Waals surface area contributed by atoms with Gasteiger partial charge in [0.1, 0.15) is 5.75 Å². The van der Waals surface area contributed by atoms with E-state index in [1.54, 1.807) is 18.2 Å². The molecule has 5 nitrogen and oxygen atoms in total. The van der Waals surface area contributed by atoms with E-state index < -0.39 is 42.0 Å². The van der Waals surface area contributed by atoms with Crippen molar-refractivity contribution >= 4 is 17.6 Å². The summed E-state index contributed by atoms with van der Waals surface area (Å²) in [6, 6.07) is 11.5. The maximum Gasteiger partial charge on any atom is 0.418 e. The van der Waals surface area contributed by atoms with Crippen molar-refractivity contribution in [1.82, 2.24) is 0 Å². The number of hydrogen-bond acceptors (Lipinski definition) is 4. The number of ether oxygens (including phenoxy) is 2. The number of benzene rings is 2. The smallest absolute Gasteiger partial charge is 0.418 e. The van der Waals surface area contributed by atoms with Gasteiger partial charge in [-0.25, -0.2) is 4.79 Å². The Morgan fingerprint density at radius 3 is 2.48 bits per heavy atom. The Morgan fingerprint density at radius 1 is 1.11 bits per heavy atom. The number of alkyl halides is 3. The number of hydrogen-bond donors (Lipinski definition) is 1. The normalized spacial score (nSPS) is 12.2. The van der Waals surface area contributed by atoms with Gasteiger partial charge in [0, 0.05) is 0 Å². The van der Waals surface area contributed by atoms with Crippen LogP contribution in [0.4, 0.5) is 18.9 Å². The molecule has 2 aromatic rings. The molecule has 2 aromatic carbocycles. The van der Waals surface area contributed by atoms with Crippen LogP contribution in [-0.4, -0.2) is 24.6 Å². The Bertz CT molecular complexity index is 821. The molecular formula is C19H18F3NO4. The number of nitrogens with one attached hydrogen (secondary N) is 1. The van der Waals surface area contributed by atoms with Crippen LogP contribution in [0.2, 0.25) is 0 Å². The van der Waals surface area contributed by atoms with Crippen molar-refractivity contribution in [2.75, 3.05) is 11.9 Å². The van der Waals surface area contributed by atoms with Gasteiger partial charge in [-0.1, -0.05) is 24.3 Å². The van der Waals surface area contributed by atoms with E-state index in [4.69, 9.17) is 9.47 Å². The van der Waals surface area contributed by atoms with E-state index in [1.807, 2.05) is 13.0 Å². The second-order valence-corrected chi connectivity index (χ2v) is 5.78. The summed E-state index contributed by atoms with van der Waals surface area (Å²) < 4.78 is 48.9. The molecule has 0 aliphatic heterocycles. The van der Waals surface area contributed by atoms with Crippen molar-refractivity contribution < 1.29 is 32.2 Å². The monoisotopic (exact) mass is 381 g/mol. The van der Waals surface area contributed by atoms with Gasteiger partial charge in [-0.2, -0.15) is 13.2 Å². The van der Waals surface area contributed by atoms with E-state index in [2.05, 4.69) is 5.32 Å². The van der Waals surface area contributed by atoms with Crippen LogP contribution in [-0.2, 0) is 20.5 Å². The predicted molar refractivity (Wildman–Crippen MR) is 92.3 cm³/mol. The fourth-order valence-corrected chi connectivity index (χ4v) is 2.22. The summed E-state index contributed by atoms with van der Waals surface area (Å²) in [5.41, 5.74) is -0.452. The Morgan fingerprint density at radius 2 is 1.81 bits per heavy atom. The fraction of sp³-hybridized carbons (Fsp3) is 0.263. The molecule has 0 aliphatic rings. The lowest BCUT2D eigenvalue weighted by molar-refractivity contribution is -0.153. The summed E-state index contributed by atoms with van der Waals surface area (Å²) in [6.07, 6.45) is -5.60. The summed E-state index contributed by atoms with van der Waals surface area (Å²) in [5, 5.41) is 2.09. The Kier molecular flexibility index (Phi) is 6.44. The minimum atomic E-state index is -4.61. The maximum atomic E-state index is 12.9. The number of amides is 1. The van der Waals surface area contributed by atoms with Gasteiger partial charge in [0.15, 0.2) is 12.7 Å². The zero-order chi connectivity index (χ0) is 20.0. The molecule has 1 amide bonds. The molecule has 0 spiro atoms. The molecule has 0 aliphatic carbocycles. The van der Waals surface area contributed by atoms with Gasteiger partial charge >= 0.3 is 12.1 Å². The lowest BCUT2D eigenvalue weighted by atomic mass is 10.1. The minimum absolute atomic E-state index is 0.407. The molecule has 0 unspecified atom stereocenters. The van der Waals surface area contributed by atoms with Crippen molar-refractivity contribution in [3.8, 4) is 5.75 Å². The number of esters is 1. The van der Waals surface area contributed by atoms with E-state index in [9.17, 15) is 22.8 Å². The first-order valence-corrected chi connectivity index (χ1v) is 8.03. The molecule has 0 radical (unpaired) electrons. The van der Waals surface area contributed by atoms with Crippen molar-refractivity contribution in [3.05, 3.63) is 59.7 Å². The van der Waals surface area contributed by atoms with E-state index in [0.717, 1.165) is 17.7 Å². The third-order valence-electron chi connectivity index (χ3n) is 3.49. The van der Waals surface area contributed by atoms with Crippen molar-refractivity contribution in [1.29, 1.82) is 0 Å². The second kappa shape index (κ2) is 8.57. The molecule has 1 N–H and O–H groups in total. The van der Waals surface area contributed by atoms with Crippen LogP contribution in [0.25, 0.3) is 0 Å². The van der Waals surface area contributed by atoms with Crippen molar-refractivity contribution in [3.63, 3.8) is 0 Å². The van der Waals surface area contributed by atoms with Gasteiger partial charge in [-0.05, 0) is 43.7 Å². The molecule has 144 valence electrons. The van der Waals surface area contributed by atoms with Gasteiger partial charge < -0.3 is 14.8 Å². The van der Waals surface area contributed by atoms with Gasteiger partial charge in [-0.3, -0.25) is 4.79 Å². The molecular weight excluding hydrogens is 363 g/mol. The third-order valence-corrected chi connectivity index (χ3v) is 3.49. The highest BCUT2D eigenvalue weighted by atomic mass is 19.4. The molecule has 0 fully saturated rings. The van der Waals surface area contributed by atoms with Crippen molar-refractivity contribution in [2.24, 2.45) is 0 Å². The van der Waals surface area contributed by atoms with Gasteiger partial charge in [-0.15, -0.1) is 0 Å². The summed E-state index contributed by atoms with van der Waals surface area (Å²) >= 11 is 0. The minimum Gasteiger partial charge on any atom is -0.479 e. The first-order chi connectivity index (χ1) is 12.7. The standard InChI is InChI=1S/C19H18F3NO4/c1-12-6-5-7-14(10-12)27-13(2)18(25)26-11-17(24)23-16-9-4-3-8-15(16)19(20,21)22/h3-10,13H,11H2,1-2H3,(H,23,24)/t13-/m1/s1. The second-order valence-electron chi connectivity index (χ2n) is 5.78. The number of aryl methyl sites for hydroxylation is 1. The quantitative estimate of drug-likeness (QED) is 0.770. The van der Waals surface area contributed by atoms with Crippen LogP contribution < -0.4 is 10.1 Å². The number of para-hydroxylation sites is 1. The maximum absolute atomic E-state index is 12.9. The molecule has 2 rings (SSSR count). The highest BCUT2D eigenvalue weighted by molar-refractivity contribution is 5.93. The molecule has 0 saturated heterocycles. The molecule has 27 heavy (non-hydrogen) atoms. The first kappa shape index (κ1) is 20.3. The molecule has 8 heteroatoms. The first-order valence-electron chi connectivity index (χ1n) is 8.03. The van der Waals surface area contributed by atoms with E-state index in [1.165, 1.54) is 19.1 Å². The fourth-order valence-electron chi connectivity index (χ4n) is 2.22. The highest BCUT2D eigenvalue weighted by Crippen LogP contribution is 2.34. The van der Waals surface area contributed by atoms with Crippen LogP contribution in [0, 0.1) is 6.92 Å². The number of rotatable bonds is 6. The average Bonchev–Trinajstić information content (AvgIpc) is 2.59. The zero-order valence-electron chi connectivity index (χ0n) is 14.7. The van der Waals surface area contributed by atoms with Gasteiger partial charge in [0.05, 0.1) is 11.3 Å². The van der Waals surface area contributed by atoms with Gasteiger partial charge in [0.2, 0.25) is 0 Å². The molecule has 0 aromatic heterocycles. The van der Waals surface area contributed by atoms with Crippen LogP contribution >= 0.6 is 0 Å². The van der Waals surface area contributed by atoms with E-state index in [0.29, 0.717) is 5.75 Å². The van der Waals surface area contributed by atoms with E-state index in [-0.39, 0.29) is 0 Å². The highest BCUT2D eigenvalue weighted by Gasteiger charge is 2.33. The lowest BCUT2D eigenvalue weighted by Crippen LogP contribution is -2.30. The topological polar surface area (TPSA) is 64.6 Å². The molecule has 0 heterocycles. The average molecular weight is 381 g/mol. The summed E-state index contributed by atoms with van der Waals surface area (Å²) in [5.74, 6) is -1.23. The summed E-state index contributed by atoms with van der Waals surface area (Å²) in [7, 11) is 0. The van der Waals surface area contributed by atoms with Crippen molar-refractivity contribution in [2.45, 2.75) is 26.1 Å². The lowest BCUT2D eigenvalue weighted by Gasteiger charge is -2.15. The molecule has 0 bridgehead atoms. The third kappa shape index (κ3) is 6.02. The Hall–Kier alpha value is -3.03. The molecule has 0 saturated carbocycles. The number of carbonyl (C=O) groups excluding carboxylic acids is 2. The zero-order valence-corrected chi connectivity index (χ0v) is 14.7. The van der Waals surface area contributed by atoms with Gasteiger partial charge in [0.25, 0.3) is 5.91 Å². The molecule has 1 atom stereocenters. The number of carbonyl (C=O) groups is 2. The van der Waals surface area contributed by atoms with Crippen LogP contribution in [0.1, 0.15) is 18.1 Å². The van der Waals surface area contributed by atoms with Crippen LogP contribution in [0.5, 0.6) is 5.75 Å². The largest absolute Gasteiger partial charge is 0.479 e. The number of halogens is 3. The predicted octanol–water partition coefficient (Wildman–Crippen LogP) is 3.96. The SMILES string of the molecule is Cc1cccc(O[C@H](C)C(=O)OCC(=O)Nc2ccccc2C(F)(F)F)c1. The van der Waals surface area contributed by atoms with E-state index >= 15 is 0 Å². The van der Waals surface area contributed by atoms with Crippen LogP contribution in [0.15, 0.2) is 48.5 Å². The summed E-state index contributed by atoms with van der Waals surface area (Å²) in [6.45, 7) is 2.58.